The number of carboxylic acids is 1. The van der Waals surface area contributed by atoms with Gasteiger partial charge in [-0.1, -0.05) is 42.5 Å². The van der Waals surface area contributed by atoms with E-state index in [1.165, 1.54) is 21.2 Å². The molecule has 3 nitrogen and oxygen atoms in total. The van der Waals surface area contributed by atoms with Crippen LogP contribution in [0.4, 0.5) is 0 Å². The molecular weight excluding hydrogens is 332 g/mol. The highest BCUT2D eigenvalue weighted by atomic mass is 32.2. The smallest absolute Gasteiger partial charge is 0.341 e. The molecular formula is C21H20O3S. The summed E-state index contributed by atoms with van der Waals surface area (Å²) in [6.45, 7) is 3.65. The molecule has 0 aliphatic rings. The molecule has 1 N–H and O–H groups in total. The van der Waals surface area contributed by atoms with E-state index in [4.69, 9.17) is 9.84 Å². The monoisotopic (exact) mass is 352 g/mol. The average molecular weight is 352 g/mol. The summed E-state index contributed by atoms with van der Waals surface area (Å²) in [5, 5.41) is 11.3. The Balaban J connectivity index is 1.73. The zero-order chi connectivity index (χ0) is 17.8. The minimum absolute atomic E-state index is 0.316. The maximum atomic E-state index is 10.7. The molecule has 25 heavy (non-hydrogen) atoms. The summed E-state index contributed by atoms with van der Waals surface area (Å²) < 4.78 is 5.34. The van der Waals surface area contributed by atoms with Crippen molar-refractivity contribution in [2.75, 3.05) is 6.61 Å². The van der Waals surface area contributed by atoms with Crippen LogP contribution in [0.2, 0.25) is 0 Å². The van der Waals surface area contributed by atoms with Gasteiger partial charge < -0.3 is 9.84 Å². The van der Waals surface area contributed by atoms with Crippen LogP contribution in [-0.2, 0) is 10.5 Å². The fraction of sp³-hybridized carbons (Fsp3) is 0.190. The van der Waals surface area contributed by atoms with E-state index in [9.17, 15) is 4.79 Å². The van der Waals surface area contributed by atoms with Crippen molar-refractivity contribution in [1.29, 1.82) is 0 Å². The van der Waals surface area contributed by atoms with Crippen molar-refractivity contribution in [2.45, 2.75) is 24.5 Å². The quantitative estimate of drug-likeness (QED) is 0.619. The summed E-state index contributed by atoms with van der Waals surface area (Å²) in [5.74, 6) is 0.558. The predicted octanol–water partition coefficient (Wildman–Crippen LogP) is 5.21. The lowest BCUT2D eigenvalue weighted by Gasteiger charge is -2.12. The number of aryl methyl sites for hydroxylation is 2. The molecule has 0 unspecified atom stereocenters. The van der Waals surface area contributed by atoms with Crippen molar-refractivity contribution in [3.8, 4) is 5.75 Å². The maximum Gasteiger partial charge on any atom is 0.341 e. The molecule has 0 fully saturated rings. The van der Waals surface area contributed by atoms with Gasteiger partial charge >= 0.3 is 5.97 Å². The maximum absolute atomic E-state index is 10.7. The standard InChI is InChI=1S/C21H20O3S/c1-14-10-20(15(2)9-19(14)24-12-21(22)23)25-13-16-7-8-17-5-3-4-6-18(17)11-16/h3-11H,12-13H2,1-2H3,(H,22,23). The third-order valence-electron chi connectivity index (χ3n) is 4.03. The van der Waals surface area contributed by atoms with Crippen molar-refractivity contribution in [3.63, 3.8) is 0 Å². The Kier molecular flexibility index (Phi) is 5.29. The van der Waals surface area contributed by atoms with E-state index >= 15 is 0 Å². The summed E-state index contributed by atoms with van der Waals surface area (Å²) in [7, 11) is 0. The first-order chi connectivity index (χ1) is 12.0. The van der Waals surface area contributed by atoms with E-state index in [0.29, 0.717) is 5.75 Å². The molecule has 0 radical (unpaired) electrons. The lowest BCUT2D eigenvalue weighted by atomic mass is 10.1. The van der Waals surface area contributed by atoms with Gasteiger partial charge in [-0.25, -0.2) is 4.79 Å². The van der Waals surface area contributed by atoms with Crippen molar-refractivity contribution in [3.05, 3.63) is 71.3 Å². The summed E-state index contributed by atoms with van der Waals surface area (Å²) in [6, 6.07) is 18.9. The number of rotatable bonds is 6. The SMILES string of the molecule is Cc1cc(SCc2ccc3ccccc3c2)c(C)cc1OCC(=O)O. The second-order valence-electron chi connectivity index (χ2n) is 6.04. The number of hydrogen-bond donors (Lipinski definition) is 1. The molecule has 3 rings (SSSR count). The Bertz CT molecular complexity index is 918. The molecule has 0 atom stereocenters. The van der Waals surface area contributed by atoms with Gasteiger partial charge in [0.15, 0.2) is 6.61 Å². The molecule has 0 aliphatic carbocycles. The van der Waals surface area contributed by atoms with E-state index in [2.05, 4.69) is 48.5 Å². The molecule has 0 saturated carbocycles. The van der Waals surface area contributed by atoms with E-state index in [1.54, 1.807) is 11.8 Å². The van der Waals surface area contributed by atoms with Gasteiger partial charge in [0.05, 0.1) is 0 Å². The highest BCUT2D eigenvalue weighted by Crippen LogP contribution is 2.32. The molecule has 0 aliphatic heterocycles. The number of ether oxygens (including phenoxy) is 1. The van der Waals surface area contributed by atoms with E-state index in [0.717, 1.165) is 16.9 Å². The molecule has 128 valence electrons. The third kappa shape index (κ3) is 4.34. The highest BCUT2D eigenvalue weighted by Gasteiger charge is 2.08. The van der Waals surface area contributed by atoms with Crippen molar-refractivity contribution in [1.82, 2.24) is 0 Å². The molecule has 0 heterocycles. The minimum atomic E-state index is -0.966. The molecule has 0 bridgehead atoms. The number of carboxylic acid groups (broad SMARTS) is 1. The van der Waals surface area contributed by atoms with Crippen LogP contribution in [0.15, 0.2) is 59.5 Å². The Morgan fingerprint density at radius 2 is 1.76 bits per heavy atom. The number of hydrogen-bond acceptors (Lipinski definition) is 3. The lowest BCUT2D eigenvalue weighted by molar-refractivity contribution is -0.139. The number of benzene rings is 3. The third-order valence-corrected chi connectivity index (χ3v) is 5.26. The summed E-state index contributed by atoms with van der Waals surface area (Å²) in [4.78, 5) is 11.8. The Morgan fingerprint density at radius 3 is 2.52 bits per heavy atom. The van der Waals surface area contributed by atoms with Crippen LogP contribution in [-0.4, -0.2) is 17.7 Å². The van der Waals surface area contributed by atoms with Crippen LogP contribution in [0, 0.1) is 13.8 Å². The van der Waals surface area contributed by atoms with E-state index in [-0.39, 0.29) is 6.61 Å². The van der Waals surface area contributed by atoms with Gasteiger partial charge in [-0.3, -0.25) is 0 Å². The number of fused-ring (bicyclic) bond motifs is 1. The van der Waals surface area contributed by atoms with Crippen molar-refractivity contribution < 1.29 is 14.6 Å². The second kappa shape index (κ2) is 7.62. The van der Waals surface area contributed by atoms with Gasteiger partial charge in [-0.15, -0.1) is 11.8 Å². The molecule has 0 spiro atoms. The van der Waals surface area contributed by atoms with Crippen molar-refractivity contribution in [2.24, 2.45) is 0 Å². The van der Waals surface area contributed by atoms with Crippen LogP contribution in [0.25, 0.3) is 10.8 Å². The summed E-state index contributed by atoms with van der Waals surface area (Å²) >= 11 is 1.78. The fourth-order valence-electron chi connectivity index (χ4n) is 2.70. The normalized spacial score (nSPS) is 10.8. The second-order valence-corrected chi connectivity index (χ2v) is 7.05. The number of aliphatic carboxylic acids is 1. The van der Waals surface area contributed by atoms with Crippen LogP contribution in [0.5, 0.6) is 5.75 Å². The molecule has 3 aromatic rings. The molecule has 0 aromatic heterocycles. The van der Waals surface area contributed by atoms with Gasteiger partial charge in [0.2, 0.25) is 0 Å². The summed E-state index contributed by atoms with van der Waals surface area (Å²) in [6.07, 6.45) is 0. The minimum Gasteiger partial charge on any atom is -0.482 e. The fourth-order valence-corrected chi connectivity index (χ4v) is 3.75. The topological polar surface area (TPSA) is 46.5 Å². The zero-order valence-corrected chi connectivity index (χ0v) is 15.1. The van der Waals surface area contributed by atoms with Crippen LogP contribution in [0.3, 0.4) is 0 Å². The van der Waals surface area contributed by atoms with Crippen LogP contribution >= 0.6 is 11.8 Å². The van der Waals surface area contributed by atoms with Crippen LogP contribution < -0.4 is 4.74 Å². The van der Waals surface area contributed by atoms with Crippen molar-refractivity contribution >= 4 is 28.5 Å². The molecule has 3 aromatic carbocycles. The van der Waals surface area contributed by atoms with Gasteiger partial charge in [0, 0.05) is 10.6 Å². The predicted molar refractivity (Wildman–Crippen MR) is 103 cm³/mol. The molecule has 0 saturated heterocycles. The molecule has 0 amide bonds. The van der Waals surface area contributed by atoms with Gasteiger partial charge in [0.25, 0.3) is 0 Å². The molecule has 4 heteroatoms. The first-order valence-electron chi connectivity index (χ1n) is 8.09. The van der Waals surface area contributed by atoms with Gasteiger partial charge in [-0.2, -0.15) is 0 Å². The number of thioether (sulfide) groups is 1. The van der Waals surface area contributed by atoms with Gasteiger partial charge in [-0.05, 0) is 53.4 Å². The first kappa shape index (κ1) is 17.4. The van der Waals surface area contributed by atoms with Crippen LogP contribution in [0.1, 0.15) is 16.7 Å². The van der Waals surface area contributed by atoms with E-state index in [1.807, 2.05) is 19.9 Å². The number of carbonyl (C=O) groups is 1. The zero-order valence-electron chi connectivity index (χ0n) is 14.3. The Morgan fingerprint density at radius 1 is 1.00 bits per heavy atom. The lowest BCUT2D eigenvalue weighted by Crippen LogP contribution is -2.10. The van der Waals surface area contributed by atoms with E-state index < -0.39 is 5.97 Å². The van der Waals surface area contributed by atoms with Gasteiger partial charge in [0.1, 0.15) is 5.75 Å². The Labute approximate surface area is 151 Å². The average Bonchev–Trinajstić information content (AvgIpc) is 2.60. The first-order valence-corrected chi connectivity index (χ1v) is 9.08. The highest BCUT2D eigenvalue weighted by molar-refractivity contribution is 7.98. The summed E-state index contributed by atoms with van der Waals surface area (Å²) in [5.41, 5.74) is 3.33. The Hall–Kier alpha value is -2.46. The largest absolute Gasteiger partial charge is 0.482 e.